The number of hydrogen-bond donors (Lipinski definition) is 1. The molecule has 0 spiro atoms. The highest BCUT2D eigenvalue weighted by Crippen LogP contribution is 2.31. The summed E-state index contributed by atoms with van der Waals surface area (Å²) in [5, 5.41) is 5.30. The third-order valence-electron chi connectivity index (χ3n) is 4.10. The fourth-order valence-corrected chi connectivity index (χ4v) is 3.29. The van der Waals surface area contributed by atoms with Crippen LogP contribution in [-0.4, -0.2) is 19.2 Å². The Balaban J connectivity index is 1.76. The lowest BCUT2D eigenvalue weighted by Gasteiger charge is -2.13. The molecule has 0 unspecified atom stereocenters. The molecule has 0 bridgehead atoms. The quantitative estimate of drug-likeness (QED) is 0.345. The third kappa shape index (κ3) is 5.45. The van der Waals surface area contributed by atoms with Gasteiger partial charge in [-0.3, -0.25) is 4.79 Å². The first-order valence-electron chi connectivity index (χ1n) is 8.81. The summed E-state index contributed by atoms with van der Waals surface area (Å²) in [7, 11) is 1.54. The fourth-order valence-electron chi connectivity index (χ4n) is 2.61. The first kappa shape index (κ1) is 22.0. The van der Waals surface area contributed by atoms with Crippen LogP contribution in [0.1, 0.15) is 21.5 Å². The minimum absolute atomic E-state index is 0.236. The van der Waals surface area contributed by atoms with E-state index in [2.05, 4.69) is 10.5 Å². The monoisotopic (exact) mass is 462 g/mol. The molecular weight excluding hydrogens is 447 g/mol. The van der Waals surface area contributed by atoms with Crippen LogP contribution in [0.15, 0.2) is 65.8 Å². The van der Waals surface area contributed by atoms with Gasteiger partial charge in [-0.1, -0.05) is 59.1 Å². The van der Waals surface area contributed by atoms with E-state index in [4.69, 9.17) is 44.3 Å². The van der Waals surface area contributed by atoms with Crippen molar-refractivity contribution >= 4 is 46.9 Å². The molecule has 0 aliphatic carbocycles. The molecule has 0 saturated carbocycles. The lowest BCUT2D eigenvalue weighted by atomic mass is 10.2. The van der Waals surface area contributed by atoms with Gasteiger partial charge >= 0.3 is 0 Å². The standard InChI is InChI=1S/C22H17Cl3N2O3/c1-29-20-8-4-6-14(21(20)30-13-15-5-2-3-7-18(15)24)12-26-27-22(28)17-10-9-16(23)11-19(17)25/h2-12H,13H2,1H3,(H,27,28)/b26-12-. The van der Waals surface area contributed by atoms with E-state index in [1.807, 2.05) is 18.2 Å². The summed E-state index contributed by atoms with van der Waals surface area (Å²) in [5.74, 6) is 0.537. The van der Waals surface area contributed by atoms with Gasteiger partial charge in [0.05, 0.1) is 23.9 Å². The van der Waals surface area contributed by atoms with Crippen LogP contribution in [0.3, 0.4) is 0 Å². The smallest absolute Gasteiger partial charge is 0.272 e. The number of carbonyl (C=O) groups is 1. The van der Waals surface area contributed by atoms with E-state index in [1.54, 1.807) is 37.4 Å². The van der Waals surface area contributed by atoms with Crippen molar-refractivity contribution in [3.63, 3.8) is 0 Å². The van der Waals surface area contributed by atoms with Crippen molar-refractivity contribution in [2.45, 2.75) is 6.61 Å². The van der Waals surface area contributed by atoms with Crippen molar-refractivity contribution in [1.29, 1.82) is 0 Å². The normalized spacial score (nSPS) is 10.8. The number of hydrogen-bond acceptors (Lipinski definition) is 4. The van der Waals surface area contributed by atoms with Crippen molar-refractivity contribution in [3.05, 3.63) is 92.4 Å². The van der Waals surface area contributed by atoms with E-state index < -0.39 is 5.91 Å². The molecule has 0 aliphatic heterocycles. The number of methoxy groups -OCH3 is 1. The van der Waals surface area contributed by atoms with Crippen LogP contribution in [0.25, 0.3) is 0 Å². The summed E-state index contributed by atoms with van der Waals surface area (Å²) in [4.78, 5) is 12.3. The molecule has 0 radical (unpaired) electrons. The maximum absolute atomic E-state index is 12.3. The Morgan fingerprint density at radius 3 is 2.57 bits per heavy atom. The van der Waals surface area contributed by atoms with E-state index in [0.717, 1.165) is 5.56 Å². The SMILES string of the molecule is COc1cccc(/C=N\NC(=O)c2ccc(Cl)cc2Cl)c1OCc1ccccc1Cl. The molecular formula is C22H17Cl3N2O3. The summed E-state index contributed by atoms with van der Waals surface area (Å²) in [6.07, 6.45) is 1.46. The molecule has 5 nitrogen and oxygen atoms in total. The Morgan fingerprint density at radius 2 is 1.83 bits per heavy atom. The molecule has 3 aromatic rings. The van der Waals surface area contributed by atoms with Gasteiger partial charge in [0.15, 0.2) is 11.5 Å². The van der Waals surface area contributed by atoms with Gasteiger partial charge in [0.1, 0.15) is 6.61 Å². The predicted molar refractivity (Wildman–Crippen MR) is 120 cm³/mol. The molecule has 3 rings (SSSR count). The highest BCUT2D eigenvalue weighted by atomic mass is 35.5. The van der Waals surface area contributed by atoms with Gasteiger partial charge < -0.3 is 9.47 Å². The van der Waals surface area contributed by atoms with Gasteiger partial charge in [-0.05, 0) is 36.4 Å². The minimum Gasteiger partial charge on any atom is -0.493 e. The van der Waals surface area contributed by atoms with Crippen LogP contribution in [0.4, 0.5) is 0 Å². The lowest BCUT2D eigenvalue weighted by molar-refractivity contribution is 0.0955. The second-order valence-corrected chi connectivity index (χ2v) is 7.33. The van der Waals surface area contributed by atoms with E-state index in [1.165, 1.54) is 18.3 Å². The molecule has 0 aliphatic rings. The van der Waals surface area contributed by atoms with E-state index >= 15 is 0 Å². The number of amides is 1. The molecule has 3 aromatic carbocycles. The second-order valence-electron chi connectivity index (χ2n) is 6.08. The number of nitrogens with zero attached hydrogens (tertiary/aromatic N) is 1. The number of carbonyl (C=O) groups excluding carboxylic acids is 1. The number of benzene rings is 3. The number of nitrogens with one attached hydrogen (secondary N) is 1. The van der Waals surface area contributed by atoms with Crippen LogP contribution in [0.5, 0.6) is 11.5 Å². The Labute approximate surface area is 189 Å². The number of hydrazone groups is 1. The van der Waals surface area contributed by atoms with Gasteiger partial charge in [0.2, 0.25) is 0 Å². The molecule has 1 amide bonds. The Morgan fingerprint density at radius 1 is 1.03 bits per heavy atom. The average molecular weight is 464 g/mol. The Kier molecular flexibility index (Phi) is 7.57. The van der Waals surface area contributed by atoms with Crippen molar-refractivity contribution in [2.24, 2.45) is 5.10 Å². The zero-order chi connectivity index (χ0) is 21.5. The maximum atomic E-state index is 12.3. The number of rotatable bonds is 7. The highest BCUT2D eigenvalue weighted by Gasteiger charge is 2.12. The number of halogens is 3. The maximum Gasteiger partial charge on any atom is 0.272 e. The Bertz CT molecular complexity index is 1090. The first-order chi connectivity index (χ1) is 14.5. The lowest BCUT2D eigenvalue weighted by Crippen LogP contribution is -2.18. The van der Waals surface area contributed by atoms with Crippen LogP contribution >= 0.6 is 34.8 Å². The average Bonchev–Trinajstić information content (AvgIpc) is 2.73. The molecule has 0 saturated heterocycles. The van der Waals surface area contributed by atoms with Crippen molar-refractivity contribution < 1.29 is 14.3 Å². The zero-order valence-electron chi connectivity index (χ0n) is 15.9. The molecule has 0 aromatic heterocycles. The minimum atomic E-state index is -0.464. The van der Waals surface area contributed by atoms with E-state index in [0.29, 0.717) is 27.1 Å². The summed E-state index contributed by atoms with van der Waals surface area (Å²) in [6.45, 7) is 0.244. The Hall–Kier alpha value is -2.73. The molecule has 154 valence electrons. The van der Waals surface area contributed by atoms with Crippen LogP contribution in [0.2, 0.25) is 15.1 Å². The van der Waals surface area contributed by atoms with Crippen LogP contribution < -0.4 is 14.9 Å². The summed E-state index contributed by atoms with van der Waals surface area (Å²) in [5.41, 5.74) is 4.15. The van der Waals surface area contributed by atoms with Crippen molar-refractivity contribution in [2.75, 3.05) is 7.11 Å². The molecule has 1 N–H and O–H groups in total. The third-order valence-corrected chi connectivity index (χ3v) is 5.02. The topological polar surface area (TPSA) is 59.9 Å². The summed E-state index contributed by atoms with van der Waals surface area (Å²) >= 11 is 18.1. The van der Waals surface area contributed by atoms with Gasteiger partial charge in [0, 0.05) is 21.2 Å². The van der Waals surface area contributed by atoms with Crippen LogP contribution in [-0.2, 0) is 6.61 Å². The molecule has 0 fully saturated rings. The van der Waals surface area contributed by atoms with E-state index in [9.17, 15) is 4.79 Å². The summed E-state index contributed by atoms with van der Waals surface area (Å²) < 4.78 is 11.3. The number of ether oxygens (including phenoxy) is 2. The van der Waals surface area contributed by atoms with Gasteiger partial charge in [-0.15, -0.1) is 0 Å². The molecule has 8 heteroatoms. The fraction of sp³-hybridized carbons (Fsp3) is 0.0909. The predicted octanol–water partition coefficient (Wildman–Crippen LogP) is 6.00. The summed E-state index contributed by atoms with van der Waals surface area (Å²) in [6, 6.07) is 17.3. The van der Waals surface area contributed by atoms with Crippen molar-refractivity contribution in [1.82, 2.24) is 5.43 Å². The van der Waals surface area contributed by atoms with Gasteiger partial charge in [-0.2, -0.15) is 5.10 Å². The van der Waals surface area contributed by atoms with Crippen molar-refractivity contribution in [3.8, 4) is 11.5 Å². The van der Waals surface area contributed by atoms with Gasteiger partial charge in [0.25, 0.3) is 5.91 Å². The van der Waals surface area contributed by atoms with Gasteiger partial charge in [-0.25, -0.2) is 5.43 Å². The largest absolute Gasteiger partial charge is 0.493 e. The van der Waals surface area contributed by atoms with Crippen LogP contribution in [0, 0.1) is 0 Å². The molecule has 0 atom stereocenters. The van der Waals surface area contributed by atoms with E-state index in [-0.39, 0.29) is 17.2 Å². The first-order valence-corrected chi connectivity index (χ1v) is 9.94. The highest BCUT2D eigenvalue weighted by molar-refractivity contribution is 6.36. The molecule has 0 heterocycles. The second kappa shape index (κ2) is 10.3. The molecule has 30 heavy (non-hydrogen) atoms. The zero-order valence-corrected chi connectivity index (χ0v) is 18.1. The number of para-hydroxylation sites is 1.